The molecule has 208 valence electrons. The van der Waals surface area contributed by atoms with Crippen molar-refractivity contribution in [3.63, 3.8) is 0 Å². The number of nitrogen functional groups attached to an aromatic ring is 1. The molecule has 1 aliphatic heterocycles. The lowest BCUT2D eigenvalue weighted by Crippen LogP contribution is -3.00. The molecule has 5 aromatic rings. The van der Waals surface area contributed by atoms with Crippen LogP contribution in [0.5, 0.6) is 0 Å². The van der Waals surface area contributed by atoms with E-state index >= 15 is 0 Å². The first-order chi connectivity index (χ1) is 20.1. The Balaban J connectivity index is 0.00000353. The van der Waals surface area contributed by atoms with Crippen LogP contribution < -0.4 is 34.3 Å². The zero-order chi connectivity index (χ0) is 28.2. The summed E-state index contributed by atoms with van der Waals surface area (Å²) in [6.45, 7) is 0.366. The van der Waals surface area contributed by atoms with Crippen LogP contribution in [0.2, 0.25) is 0 Å². The fourth-order valence-electron chi connectivity index (χ4n) is 4.81. The van der Waals surface area contributed by atoms with E-state index in [-0.39, 0.29) is 29.5 Å². The first-order valence-electron chi connectivity index (χ1n) is 13.1. The van der Waals surface area contributed by atoms with E-state index in [0.717, 1.165) is 39.3 Å². The molecule has 0 saturated carbocycles. The van der Waals surface area contributed by atoms with E-state index in [4.69, 9.17) is 15.8 Å². The number of carboxylic acids is 1. The van der Waals surface area contributed by atoms with Gasteiger partial charge in [0.1, 0.15) is 5.71 Å². The number of halogens is 1. The number of aromatic nitrogens is 1. The number of rotatable bonds is 7. The van der Waals surface area contributed by atoms with Crippen molar-refractivity contribution in [2.75, 3.05) is 11.5 Å². The Morgan fingerprint density at radius 2 is 1.55 bits per heavy atom. The molecule has 4 aromatic carbocycles. The number of benzene rings is 4. The van der Waals surface area contributed by atoms with E-state index in [0.29, 0.717) is 28.5 Å². The van der Waals surface area contributed by atoms with Gasteiger partial charge in [-0.15, -0.1) is 10.2 Å². The average molecular weight is 684 g/mol. The molecule has 0 spiro atoms. The van der Waals surface area contributed by atoms with Crippen molar-refractivity contribution < 1.29 is 38.4 Å². The molecule has 42 heavy (non-hydrogen) atoms. The van der Waals surface area contributed by atoms with Crippen LogP contribution in [-0.4, -0.2) is 33.4 Å². The topological polar surface area (TPSA) is 104 Å². The number of carboxylic acid groups (broad SMARTS) is 1. The fourth-order valence-corrected chi connectivity index (χ4v) is 5.58. The van der Waals surface area contributed by atoms with Gasteiger partial charge in [-0.05, 0) is 35.9 Å². The minimum atomic E-state index is -0.970. The molecule has 2 heterocycles. The summed E-state index contributed by atoms with van der Waals surface area (Å²) in [5, 5.41) is 20.6. The molecule has 3 N–H and O–H groups in total. The number of nitrogens with two attached hydrogens (primary N) is 1. The zero-order valence-corrected chi connectivity index (χ0v) is 25.4. The third kappa shape index (κ3) is 6.27. The Hall–Kier alpha value is -4.35. The lowest BCUT2D eigenvalue weighted by Gasteiger charge is -2.11. The van der Waals surface area contributed by atoms with Gasteiger partial charge < -0.3 is 34.8 Å². The summed E-state index contributed by atoms with van der Waals surface area (Å²) in [6, 6.07) is 36.6. The van der Waals surface area contributed by atoms with Gasteiger partial charge in [0.15, 0.2) is 6.54 Å². The largest absolute Gasteiger partial charge is 1.00 e. The third-order valence-corrected chi connectivity index (χ3v) is 7.69. The molecule has 6 rings (SSSR count). The summed E-state index contributed by atoms with van der Waals surface area (Å²) in [5.41, 5.74) is 12.9. The number of hydrogen-bond donors (Lipinski definition) is 2. The van der Waals surface area contributed by atoms with Crippen molar-refractivity contribution in [3.8, 4) is 11.3 Å². The second kappa shape index (κ2) is 13.1. The molecule has 1 aliphatic rings. The molecule has 7 nitrogen and oxygen atoms in total. The molecule has 0 radical (unpaired) electrons. The quantitative estimate of drug-likeness (QED) is 0.0906. The van der Waals surface area contributed by atoms with Crippen LogP contribution in [0.3, 0.4) is 0 Å². The average Bonchev–Trinajstić information content (AvgIpc) is 3.49. The molecule has 0 aliphatic carbocycles. The number of aliphatic imine (C=N–C) groups is 1. The van der Waals surface area contributed by atoms with E-state index < -0.39 is 5.97 Å². The van der Waals surface area contributed by atoms with Crippen molar-refractivity contribution >= 4 is 50.9 Å². The minimum absolute atomic E-state index is 0. The molecular weight excluding hydrogens is 657 g/mol. The second-order valence-electron chi connectivity index (χ2n) is 9.48. The molecule has 0 unspecified atom stereocenters. The number of pyridine rings is 1. The summed E-state index contributed by atoms with van der Waals surface area (Å²) in [5.74, 6) is -0.269. The van der Waals surface area contributed by atoms with Gasteiger partial charge in [-0.3, -0.25) is 0 Å². The lowest BCUT2D eigenvalue weighted by atomic mass is 10.0. The van der Waals surface area contributed by atoms with Gasteiger partial charge in [-0.2, -0.15) is 4.57 Å². The summed E-state index contributed by atoms with van der Waals surface area (Å²) >= 11 is 1.54. The summed E-state index contributed by atoms with van der Waals surface area (Å²) < 4.78 is 2.11. The van der Waals surface area contributed by atoms with E-state index in [1.54, 1.807) is 6.07 Å². The number of nitrogens with zero attached hydrogens (tertiary/aromatic N) is 4. The Morgan fingerprint density at radius 1 is 0.881 bits per heavy atom. The third-order valence-electron chi connectivity index (χ3n) is 6.84. The standard InChI is InChI=1S/C33H25N5O2S.HI/c34-25-17-15-23(16-18-25)29-21-41-33(35-29)37-36-28(22-9-3-1-4-10-22)20-38-30-14-8-7-13-26(30)27(32(39)40)19-31(38)24-11-5-2-6-12-24;/h1-19H,20-21H2,(H2-,34,35,37,39,40);1H/b36-28-;. The number of aromatic carboxylic acids is 1. The maximum Gasteiger partial charge on any atom is 0.336 e. The van der Waals surface area contributed by atoms with Crippen LogP contribution in [0.25, 0.3) is 22.2 Å². The number of anilines is 1. The highest BCUT2D eigenvalue weighted by Crippen LogP contribution is 2.25. The van der Waals surface area contributed by atoms with Crippen molar-refractivity contribution in [1.82, 2.24) is 0 Å². The van der Waals surface area contributed by atoms with E-state index in [1.165, 1.54) is 11.8 Å². The number of amidine groups is 1. The molecule has 0 amide bonds. The molecule has 1 aromatic heterocycles. The Kier molecular flexibility index (Phi) is 9.09. The number of fused-ring (bicyclic) bond motifs is 1. The smallest absolute Gasteiger partial charge is 0.336 e. The second-order valence-corrected chi connectivity index (χ2v) is 10.4. The SMILES string of the molecule is Nc1ccc(C2=N/C(=N/N=C(/C[n+]3c(-c4ccccc4)cc(C(=O)O)c4ccccc43)c3ccccc3)SC2)cc1.[I-]. The Bertz CT molecular complexity index is 1840. The monoisotopic (exact) mass is 683 g/mol. The molecule has 0 bridgehead atoms. The maximum atomic E-state index is 12.3. The number of thioether (sulfide) groups is 1. The molecule has 0 atom stereocenters. The van der Waals surface area contributed by atoms with Gasteiger partial charge in [0.2, 0.25) is 16.4 Å². The van der Waals surface area contributed by atoms with Gasteiger partial charge >= 0.3 is 5.97 Å². The first-order valence-corrected chi connectivity index (χ1v) is 14.1. The van der Waals surface area contributed by atoms with Crippen molar-refractivity contribution in [2.45, 2.75) is 6.54 Å². The highest BCUT2D eigenvalue weighted by Gasteiger charge is 2.25. The van der Waals surface area contributed by atoms with Crippen molar-refractivity contribution in [3.05, 3.63) is 132 Å². The Labute approximate surface area is 264 Å². The highest BCUT2D eigenvalue weighted by atomic mass is 127. The summed E-state index contributed by atoms with van der Waals surface area (Å²) in [4.78, 5) is 17.0. The van der Waals surface area contributed by atoms with Crippen molar-refractivity contribution in [2.24, 2.45) is 15.2 Å². The van der Waals surface area contributed by atoms with Gasteiger partial charge in [0.05, 0.1) is 16.7 Å². The van der Waals surface area contributed by atoms with Gasteiger partial charge in [0.25, 0.3) is 0 Å². The maximum absolute atomic E-state index is 12.3. The van der Waals surface area contributed by atoms with Crippen LogP contribution in [-0.2, 0) is 6.54 Å². The molecular formula is C33H26IN5O2S. The fraction of sp³-hybridized carbons (Fsp3) is 0.0606. The normalized spacial score (nSPS) is 14.0. The van der Waals surface area contributed by atoms with Crippen LogP contribution in [0, 0.1) is 0 Å². The van der Waals surface area contributed by atoms with Crippen molar-refractivity contribution in [1.29, 1.82) is 0 Å². The summed E-state index contributed by atoms with van der Waals surface area (Å²) in [7, 11) is 0. The minimum Gasteiger partial charge on any atom is -1.00 e. The van der Waals surface area contributed by atoms with E-state index in [2.05, 4.69) is 9.67 Å². The number of hydrogen-bond acceptors (Lipinski definition) is 5. The zero-order valence-electron chi connectivity index (χ0n) is 22.4. The Morgan fingerprint density at radius 3 is 2.26 bits per heavy atom. The van der Waals surface area contributed by atoms with Crippen LogP contribution in [0.15, 0.2) is 130 Å². The predicted octanol–water partition coefficient (Wildman–Crippen LogP) is 3.08. The highest BCUT2D eigenvalue weighted by molar-refractivity contribution is 8.15. The van der Waals surface area contributed by atoms with Gasteiger partial charge in [-0.1, -0.05) is 84.6 Å². The first kappa shape index (κ1) is 29.2. The molecule has 0 saturated heterocycles. The lowest BCUT2D eigenvalue weighted by molar-refractivity contribution is -0.644. The number of carbonyl (C=O) groups is 1. The molecule has 9 heteroatoms. The van der Waals surface area contributed by atoms with E-state index in [9.17, 15) is 9.90 Å². The number of para-hydroxylation sites is 1. The van der Waals surface area contributed by atoms with Crippen LogP contribution in [0.1, 0.15) is 21.5 Å². The van der Waals surface area contributed by atoms with Gasteiger partial charge in [0, 0.05) is 34.7 Å². The van der Waals surface area contributed by atoms with Gasteiger partial charge in [-0.25, -0.2) is 9.79 Å². The van der Waals surface area contributed by atoms with E-state index in [1.807, 2.05) is 109 Å². The summed E-state index contributed by atoms with van der Waals surface area (Å²) in [6.07, 6.45) is 0. The van der Waals surface area contributed by atoms with Crippen LogP contribution in [0.4, 0.5) is 5.69 Å². The predicted molar refractivity (Wildman–Crippen MR) is 167 cm³/mol. The van der Waals surface area contributed by atoms with Crippen LogP contribution >= 0.6 is 11.8 Å². The molecule has 0 fully saturated rings.